The first-order chi connectivity index (χ1) is 9.31. The summed E-state index contributed by atoms with van der Waals surface area (Å²) in [6, 6.07) is 10.1. The quantitative estimate of drug-likeness (QED) is 0.900. The Labute approximate surface area is 116 Å². The predicted octanol–water partition coefficient (Wildman–Crippen LogP) is 3.29. The van der Waals surface area contributed by atoms with Crippen molar-refractivity contribution < 1.29 is 4.79 Å². The molecule has 4 heteroatoms. The van der Waals surface area contributed by atoms with Gasteiger partial charge in [-0.1, -0.05) is 12.1 Å². The molecule has 98 valence electrons. The van der Waals surface area contributed by atoms with E-state index in [4.69, 9.17) is 0 Å². The summed E-state index contributed by atoms with van der Waals surface area (Å²) in [5, 5.41) is 8.32. The number of fused-ring (bicyclic) bond motifs is 1. The number of rotatable bonds is 3. The zero-order valence-corrected chi connectivity index (χ0v) is 11.4. The van der Waals surface area contributed by atoms with E-state index in [1.807, 2.05) is 29.6 Å². The fourth-order valence-corrected chi connectivity index (χ4v) is 3.02. The third-order valence-electron chi connectivity index (χ3n) is 3.25. The number of hydrogen-bond donors (Lipinski definition) is 2. The van der Waals surface area contributed by atoms with Crippen LogP contribution in [0.5, 0.6) is 0 Å². The van der Waals surface area contributed by atoms with Gasteiger partial charge in [0.1, 0.15) is 0 Å². The number of aryl methyl sites for hydroxylation is 1. The number of amides is 1. The van der Waals surface area contributed by atoms with E-state index < -0.39 is 0 Å². The second kappa shape index (κ2) is 5.45. The molecule has 0 unspecified atom stereocenters. The summed E-state index contributed by atoms with van der Waals surface area (Å²) in [4.78, 5) is 13.0. The van der Waals surface area contributed by atoms with Crippen molar-refractivity contribution in [1.82, 2.24) is 0 Å². The van der Waals surface area contributed by atoms with Crippen molar-refractivity contribution in [3.8, 4) is 0 Å². The highest BCUT2D eigenvalue weighted by molar-refractivity contribution is 7.10. The smallest absolute Gasteiger partial charge is 0.229 e. The van der Waals surface area contributed by atoms with Crippen LogP contribution in [0.25, 0.3) is 0 Å². The van der Waals surface area contributed by atoms with Crippen LogP contribution in [0.2, 0.25) is 0 Å². The first-order valence-electron chi connectivity index (χ1n) is 6.50. The zero-order valence-electron chi connectivity index (χ0n) is 10.6. The van der Waals surface area contributed by atoms with Gasteiger partial charge in [-0.3, -0.25) is 4.79 Å². The molecule has 2 heterocycles. The minimum absolute atomic E-state index is 0.0400. The summed E-state index contributed by atoms with van der Waals surface area (Å²) in [5.41, 5.74) is 3.36. The minimum Gasteiger partial charge on any atom is -0.385 e. The number of thiophene rings is 1. The third-order valence-corrected chi connectivity index (χ3v) is 4.12. The van der Waals surface area contributed by atoms with Crippen LogP contribution in [0.3, 0.4) is 0 Å². The molecule has 0 radical (unpaired) electrons. The Kier molecular flexibility index (Phi) is 3.51. The van der Waals surface area contributed by atoms with Gasteiger partial charge in [0.2, 0.25) is 5.91 Å². The van der Waals surface area contributed by atoms with Crippen LogP contribution < -0.4 is 10.6 Å². The van der Waals surface area contributed by atoms with Gasteiger partial charge in [0.05, 0.1) is 6.42 Å². The lowest BCUT2D eigenvalue weighted by Crippen LogP contribution is -2.15. The molecular weight excluding hydrogens is 256 g/mol. The molecule has 1 aliphatic heterocycles. The van der Waals surface area contributed by atoms with Gasteiger partial charge in [-0.2, -0.15) is 0 Å². The summed E-state index contributed by atoms with van der Waals surface area (Å²) in [7, 11) is 0. The highest BCUT2D eigenvalue weighted by atomic mass is 32.1. The molecule has 0 spiro atoms. The van der Waals surface area contributed by atoms with Gasteiger partial charge < -0.3 is 10.6 Å². The lowest BCUT2D eigenvalue weighted by atomic mass is 10.0. The Balaban J connectivity index is 1.67. The summed E-state index contributed by atoms with van der Waals surface area (Å²) in [6.45, 7) is 1.01. The lowest BCUT2D eigenvalue weighted by molar-refractivity contribution is -0.115. The molecule has 1 amide bonds. The molecule has 2 N–H and O–H groups in total. The van der Waals surface area contributed by atoms with Crippen molar-refractivity contribution in [2.24, 2.45) is 0 Å². The van der Waals surface area contributed by atoms with Gasteiger partial charge >= 0.3 is 0 Å². The molecule has 0 aliphatic carbocycles. The molecule has 3 nitrogen and oxygen atoms in total. The minimum atomic E-state index is 0.0400. The highest BCUT2D eigenvalue weighted by Crippen LogP contribution is 2.25. The second-order valence-electron chi connectivity index (χ2n) is 4.71. The van der Waals surface area contributed by atoms with Crippen molar-refractivity contribution in [1.29, 1.82) is 0 Å². The van der Waals surface area contributed by atoms with Gasteiger partial charge in [-0.05, 0) is 42.0 Å². The van der Waals surface area contributed by atoms with Crippen LogP contribution in [0, 0.1) is 0 Å². The maximum Gasteiger partial charge on any atom is 0.229 e. The van der Waals surface area contributed by atoms with Gasteiger partial charge in [-0.15, -0.1) is 11.3 Å². The summed E-state index contributed by atoms with van der Waals surface area (Å²) in [6.07, 6.45) is 2.74. The van der Waals surface area contributed by atoms with E-state index in [-0.39, 0.29) is 5.91 Å². The van der Waals surface area contributed by atoms with Crippen molar-refractivity contribution in [3.05, 3.63) is 46.2 Å². The first kappa shape index (κ1) is 12.2. The Hall–Kier alpha value is -1.81. The van der Waals surface area contributed by atoms with Gasteiger partial charge in [-0.25, -0.2) is 0 Å². The molecule has 1 aromatic carbocycles. The summed E-state index contributed by atoms with van der Waals surface area (Å²) < 4.78 is 0. The number of carbonyl (C=O) groups is 1. The molecule has 0 bridgehead atoms. The monoisotopic (exact) mass is 272 g/mol. The normalized spacial score (nSPS) is 13.5. The molecule has 0 saturated heterocycles. The van der Waals surface area contributed by atoms with Crippen molar-refractivity contribution >= 4 is 28.6 Å². The van der Waals surface area contributed by atoms with Crippen LogP contribution in [0.4, 0.5) is 11.4 Å². The maximum absolute atomic E-state index is 11.9. The molecule has 0 atom stereocenters. The molecule has 3 rings (SSSR count). The topological polar surface area (TPSA) is 41.1 Å². The number of nitrogens with one attached hydrogen (secondary N) is 2. The molecule has 0 saturated carbocycles. The van der Waals surface area contributed by atoms with Gasteiger partial charge in [0.25, 0.3) is 0 Å². The molecule has 2 aromatic rings. The average Bonchev–Trinajstić information content (AvgIpc) is 2.91. The largest absolute Gasteiger partial charge is 0.385 e. The number of carbonyl (C=O) groups excluding carboxylic acids is 1. The Bertz CT molecular complexity index is 578. The number of benzene rings is 1. The predicted molar refractivity (Wildman–Crippen MR) is 79.9 cm³/mol. The van der Waals surface area contributed by atoms with E-state index in [1.54, 1.807) is 11.3 Å². The van der Waals surface area contributed by atoms with E-state index >= 15 is 0 Å². The first-order valence-corrected chi connectivity index (χ1v) is 7.38. The second-order valence-corrected chi connectivity index (χ2v) is 5.74. The zero-order chi connectivity index (χ0) is 13.1. The van der Waals surface area contributed by atoms with Crippen molar-refractivity contribution in [3.63, 3.8) is 0 Å². The van der Waals surface area contributed by atoms with Crippen LogP contribution in [-0.2, 0) is 17.6 Å². The van der Waals surface area contributed by atoms with E-state index in [0.29, 0.717) is 6.42 Å². The summed E-state index contributed by atoms with van der Waals surface area (Å²) >= 11 is 1.61. The van der Waals surface area contributed by atoms with E-state index in [2.05, 4.69) is 16.7 Å². The van der Waals surface area contributed by atoms with Crippen molar-refractivity contribution in [2.45, 2.75) is 19.3 Å². The Morgan fingerprint density at radius 3 is 3.16 bits per heavy atom. The Morgan fingerprint density at radius 2 is 2.32 bits per heavy atom. The molecular formula is C15H16N2OS. The highest BCUT2D eigenvalue weighted by Gasteiger charge is 2.10. The lowest BCUT2D eigenvalue weighted by Gasteiger charge is -2.18. The molecule has 19 heavy (non-hydrogen) atoms. The van der Waals surface area contributed by atoms with Crippen LogP contribution in [0.15, 0.2) is 35.7 Å². The van der Waals surface area contributed by atoms with Crippen LogP contribution in [0.1, 0.15) is 16.9 Å². The summed E-state index contributed by atoms with van der Waals surface area (Å²) in [5.74, 6) is 0.0400. The fourth-order valence-electron chi connectivity index (χ4n) is 2.32. The standard InChI is InChI=1S/C15H16N2OS/c18-15(10-13-4-2-8-19-13)17-12-6-5-11-3-1-7-16-14(11)9-12/h2,4-6,8-9,16H,1,3,7,10H2,(H,17,18). The Morgan fingerprint density at radius 1 is 1.37 bits per heavy atom. The van der Waals surface area contributed by atoms with E-state index in [0.717, 1.165) is 29.2 Å². The molecule has 0 fully saturated rings. The molecule has 1 aliphatic rings. The fraction of sp³-hybridized carbons (Fsp3) is 0.267. The SMILES string of the molecule is O=C(Cc1cccs1)Nc1ccc2c(c1)NCCC2. The third kappa shape index (κ3) is 2.96. The molecule has 1 aromatic heterocycles. The van der Waals surface area contributed by atoms with Crippen molar-refractivity contribution in [2.75, 3.05) is 17.2 Å². The number of hydrogen-bond acceptors (Lipinski definition) is 3. The van der Waals surface area contributed by atoms with E-state index in [9.17, 15) is 4.79 Å². The van der Waals surface area contributed by atoms with Crippen LogP contribution in [-0.4, -0.2) is 12.5 Å². The van der Waals surface area contributed by atoms with E-state index in [1.165, 1.54) is 12.0 Å². The van der Waals surface area contributed by atoms with Gasteiger partial charge in [0, 0.05) is 22.8 Å². The van der Waals surface area contributed by atoms with Crippen LogP contribution >= 0.6 is 11.3 Å². The van der Waals surface area contributed by atoms with Gasteiger partial charge in [0.15, 0.2) is 0 Å². The number of anilines is 2. The maximum atomic E-state index is 11.9. The average molecular weight is 272 g/mol.